The van der Waals surface area contributed by atoms with Crippen LogP contribution in [0.15, 0.2) is 37.0 Å². The predicted molar refractivity (Wildman–Crippen MR) is 72.5 cm³/mol. The minimum Gasteiger partial charge on any atom is -0.396 e. The molecular weight excluding hydrogens is 196 g/mol. The SMILES string of the molecule is C=CCC=CCC=CCCCCCCCO. The molecule has 0 radical (unpaired) electrons. The standard InChI is InChI=1S/C15H26O/c1-2-3-4-5-6-7-8-9-10-11-12-13-14-15-16/h2,4-5,7-8,16H,1,3,6,9-15H2. The topological polar surface area (TPSA) is 20.2 Å². The van der Waals surface area contributed by atoms with E-state index in [0.29, 0.717) is 6.61 Å². The molecule has 0 aliphatic heterocycles. The van der Waals surface area contributed by atoms with Gasteiger partial charge in [0.05, 0.1) is 0 Å². The van der Waals surface area contributed by atoms with Gasteiger partial charge in [0.2, 0.25) is 0 Å². The molecule has 1 heteroatoms. The Bertz CT molecular complexity index is 192. The lowest BCUT2D eigenvalue weighted by molar-refractivity contribution is 0.282. The summed E-state index contributed by atoms with van der Waals surface area (Å²) >= 11 is 0. The number of unbranched alkanes of at least 4 members (excludes halogenated alkanes) is 5. The third-order valence-electron chi connectivity index (χ3n) is 2.44. The van der Waals surface area contributed by atoms with Gasteiger partial charge in [0.15, 0.2) is 0 Å². The molecule has 0 saturated heterocycles. The van der Waals surface area contributed by atoms with Gasteiger partial charge in [-0.1, -0.05) is 49.6 Å². The third kappa shape index (κ3) is 13.2. The molecule has 0 aliphatic carbocycles. The molecule has 0 spiro atoms. The molecule has 0 bridgehead atoms. The van der Waals surface area contributed by atoms with Crippen LogP contribution in [0, 0.1) is 0 Å². The van der Waals surface area contributed by atoms with E-state index in [1.165, 1.54) is 32.1 Å². The first kappa shape index (κ1) is 15.2. The highest BCUT2D eigenvalue weighted by Crippen LogP contribution is 2.05. The maximum Gasteiger partial charge on any atom is 0.0431 e. The first-order valence-electron chi connectivity index (χ1n) is 6.43. The average Bonchev–Trinajstić information content (AvgIpc) is 2.31. The zero-order valence-corrected chi connectivity index (χ0v) is 10.4. The van der Waals surface area contributed by atoms with Gasteiger partial charge in [-0.3, -0.25) is 0 Å². The monoisotopic (exact) mass is 222 g/mol. The molecule has 0 aliphatic rings. The lowest BCUT2D eigenvalue weighted by atomic mass is 10.1. The highest BCUT2D eigenvalue weighted by atomic mass is 16.2. The zero-order chi connectivity index (χ0) is 11.9. The Morgan fingerprint density at radius 2 is 1.38 bits per heavy atom. The van der Waals surface area contributed by atoms with Crippen molar-refractivity contribution in [3.63, 3.8) is 0 Å². The molecule has 0 atom stereocenters. The van der Waals surface area contributed by atoms with Crippen molar-refractivity contribution >= 4 is 0 Å². The summed E-state index contributed by atoms with van der Waals surface area (Å²) in [5.41, 5.74) is 0. The van der Waals surface area contributed by atoms with Gasteiger partial charge in [-0.2, -0.15) is 0 Å². The second-order valence-electron chi connectivity index (χ2n) is 3.98. The van der Waals surface area contributed by atoms with Crippen molar-refractivity contribution < 1.29 is 5.11 Å². The first-order chi connectivity index (χ1) is 7.91. The van der Waals surface area contributed by atoms with Crippen LogP contribution in [0.3, 0.4) is 0 Å². The van der Waals surface area contributed by atoms with Gasteiger partial charge in [0.1, 0.15) is 0 Å². The average molecular weight is 222 g/mol. The van der Waals surface area contributed by atoms with Crippen molar-refractivity contribution in [1.82, 2.24) is 0 Å². The summed E-state index contributed by atoms with van der Waals surface area (Å²) in [6.45, 7) is 4.01. The Kier molecular flexibility index (Phi) is 13.5. The van der Waals surface area contributed by atoms with Crippen LogP contribution in [-0.2, 0) is 0 Å². The zero-order valence-electron chi connectivity index (χ0n) is 10.4. The summed E-state index contributed by atoms with van der Waals surface area (Å²) in [7, 11) is 0. The van der Waals surface area contributed by atoms with Crippen LogP contribution in [0.5, 0.6) is 0 Å². The predicted octanol–water partition coefficient (Wildman–Crippen LogP) is 4.40. The Morgan fingerprint density at radius 3 is 2.12 bits per heavy atom. The molecule has 0 aromatic rings. The van der Waals surface area contributed by atoms with Gasteiger partial charge in [-0.15, -0.1) is 6.58 Å². The van der Waals surface area contributed by atoms with E-state index in [9.17, 15) is 0 Å². The van der Waals surface area contributed by atoms with E-state index in [2.05, 4.69) is 30.9 Å². The van der Waals surface area contributed by atoms with Gasteiger partial charge >= 0.3 is 0 Å². The van der Waals surface area contributed by atoms with Gasteiger partial charge < -0.3 is 5.11 Å². The molecule has 0 saturated carbocycles. The maximum absolute atomic E-state index is 8.60. The van der Waals surface area contributed by atoms with Crippen molar-refractivity contribution in [1.29, 1.82) is 0 Å². The summed E-state index contributed by atoms with van der Waals surface area (Å²) in [5.74, 6) is 0. The van der Waals surface area contributed by atoms with E-state index in [0.717, 1.165) is 19.3 Å². The van der Waals surface area contributed by atoms with E-state index in [-0.39, 0.29) is 0 Å². The van der Waals surface area contributed by atoms with Gasteiger partial charge in [0, 0.05) is 6.61 Å². The van der Waals surface area contributed by atoms with Crippen LogP contribution in [0.1, 0.15) is 51.4 Å². The van der Waals surface area contributed by atoms with Crippen LogP contribution in [0.4, 0.5) is 0 Å². The van der Waals surface area contributed by atoms with Crippen LogP contribution in [0.2, 0.25) is 0 Å². The molecule has 0 heterocycles. The smallest absolute Gasteiger partial charge is 0.0431 e. The van der Waals surface area contributed by atoms with Crippen molar-refractivity contribution in [2.45, 2.75) is 51.4 Å². The second kappa shape index (κ2) is 14.2. The quantitative estimate of drug-likeness (QED) is 0.406. The maximum atomic E-state index is 8.60. The highest BCUT2D eigenvalue weighted by Gasteiger charge is 1.87. The van der Waals surface area contributed by atoms with E-state index in [1.807, 2.05) is 6.08 Å². The van der Waals surface area contributed by atoms with Crippen molar-refractivity contribution in [2.24, 2.45) is 0 Å². The molecule has 1 N–H and O–H groups in total. The number of aliphatic hydroxyl groups excluding tert-OH is 1. The van der Waals surface area contributed by atoms with Crippen molar-refractivity contribution in [2.75, 3.05) is 6.61 Å². The molecule has 0 aromatic heterocycles. The van der Waals surface area contributed by atoms with Gasteiger partial charge in [-0.05, 0) is 32.1 Å². The van der Waals surface area contributed by atoms with Crippen molar-refractivity contribution in [3.05, 3.63) is 37.0 Å². The fourth-order valence-corrected chi connectivity index (χ4v) is 1.49. The number of aliphatic hydroxyl groups is 1. The number of hydrogen-bond donors (Lipinski definition) is 1. The van der Waals surface area contributed by atoms with E-state index in [4.69, 9.17) is 5.11 Å². The fraction of sp³-hybridized carbons (Fsp3) is 0.600. The summed E-state index contributed by atoms with van der Waals surface area (Å²) in [5, 5.41) is 8.60. The number of hydrogen-bond acceptors (Lipinski definition) is 1. The first-order valence-corrected chi connectivity index (χ1v) is 6.43. The summed E-state index contributed by atoms with van der Waals surface area (Å²) in [4.78, 5) is 0. The molecule has 0 unspecified atom stereocenters. The second-order valence-corrected chi connectivity index (χ2v) is 3.98. The Morgan fingerprint density at radius 1 is 0.750 bits per heavy atom. The van der Waals surface area contributed by atoms with Crippen molar-refractivity contribution in [3.8, 4) is 0 Å². The molecule has 16 heavy (non-hydrogen) atoms. The van der Waals surface area contributed by atoms with Crippen LogP contribution in [-0.4, -0.2) is 11.7 Å². The molecule has 1 nitrogen and oxygen atoms in total. The minimum absolute atomic E-state index is 0.344. The normalized spacial score (nSPS) is 11.6. The Balaban J connectivity index is 3.12. The lowest BCUT2D eigenvalue weighted by Crippen LogP contribution is -1.83. The summed E-state index contributed by atoms with van der Waals surface area (Å²) in [6.07, 6.45) is 19.9. The van der Waals surface area contributed by atoms with Crippen LogP contribution >= 0.6 is 0 Å². The van der Waals surface area contributed by atoms with E-state index in [1.54, 1.807) is 0 Å². The van der Waals surface area contributed by atoms with Gasteiger partial charge in [0.25, 0.3) is 0 Å². The third-order valence-corrected chi connectivity index (χ3v) is 2.44. The largest absolute Gasteiger partial charge is 0.396 e. The minimum atomic E-state index is 0.344. The molecule has 0 rings (SSSR count). The molecule has 0 amide bonds. The fourth-order valence-electron chi connectivity index (χ4n) is 1.49. The van der Waals surface area contributed by atoms with E-state index < -0.39 is 0 Å². The molecule has 0 aromatic carbocycles. The van der Waals surface area contributed by atoms with E-state index >= 15 is 0 Å². The van der Waals surface area contributed by atoms with Crippen LogP contribution < -0.4 is 0 Å². The molecule has 0 fully saturated rings. The van der Waals surface area contributed by atoms with Gasteiger partial charge in [-0.25, -0.2) is 0 Å². The Labute approximate surface area is 101 Å². The lowest BCUT2D eigenvalue weighted by Gasteiger charge is -1.97. The number of rotatable bonds is 11. The molecular formula is C15H26O. The number of allylic oxidation sites excluding steroid dienone is 5. The summed E-state index contributed by atoms with van der Waals surface area (Å²) in [6, 6.07) is 0. The molecule has 92 valence electrons. The highest BCUT2D eigenvalue weighted by molar-refractivity contribution is 4.95. The summed E-state index contributed by atoms with van der Waals surface area (Å²) < 4.78 is 0. The van der Waals surface area contributed by atoms with Crippen LogP contribution in [0.25, 0.3) is 0 Å². The Hall–Kier alpha value is -0.820.